The Kier molecular flexibility index (Phi) is 35.2. The van der Waals surface area contributed by atoms with Gasteiger partial charge in [0.05, 0.1) is 0 Å². The second kappa shape index (κ2) is 29.0. The van der Waals surface area contributed by atoms with Gasteiger partial charge in [0, 0.05) is 5.92 Å². The average Bonchev–Trinajstić information content (AvgIpc) is 2.64. The monoisotopic (exact) mass is 404 g/mol. The summed E-state index contributed by atoms with van der Waals surface area (Å²) in [4.78, 5) is 0. The van der Waals surface area contributed by atoms with Crippen molar-refractivity contribution in [3.63, 3.8) is 0 Å². The van der Waals surface area contributed by atoms with E-state index in [1.165, 1.54) is 64.2 Å². The van der Waals surface area contributed by atoms with Gasteiger partial charge in [-0.05, 0) is 44.9 Å². The maximum Gasteiger partial charge on any atom is 0.0205 e. The molecule has 0 aliphatic heterocycles. The van der Waals surface area contributed by atoms with E-state index < -0.39 is 0 Å². The summed E-state index contributed by atoms with van der Waals surface area (Å²) in [7, 11) is 0. The van der Waals surface area contributed by atoms with E-state index in [2.05, 4.69) is 69.1 Å². The Morgan fingerprint density at radius 2 is 1.41 bits per heavy atom. The summed E-state index contributed by atoms with van der Waals surface area (Å²) in [5, 5.41) is 0. The highest BCUT2D eigenvalue weighted by Gasteiger charge is 2.03. The first-order valence-electron chi connectivity index (χ1n) is 11.1. The molecule has 0 radical (unpaired) electrons. The lowest BCUT2D eigenvalue weighted by atomic mass is 9.96. The van der Waals surface area contributed by atoms with Crippen LogP contribution in [-0.4, -0.2) is 0 Å². The topological polar surface area (TPSA) is 0 Å². The average molecular weight is 405 g/mol. The molecular weight excluding hydrogens is 348 g/mol. The predicted octanol–water partition coefficient (Wildman–Crippen LogP) is 10.6. The zero-order chi connectivity index (χ0) is 19.3. The molecule has 0 heterocycles. The molecule has 0 nitrogen and oxygen atoms in total. The summed E-state index contributed by atoms with van der Waals surface area (Å²) in [5.41, 5.74) is 0. The lowest BCUT2D eigenvalue weighted by molar-refractivity contribution is 0.508. The van der Waals surface area contributed by atoms with E-state index in [4.69, 9.17) is 0 Å². The van der Waals surface area contributed by atoms with Crippen LogP contribution in [0.4, 0.5) is 0 Å². The molecule has 0 heteroatoms. The van der Waals surface area contributed by atoms with Crippen molar-refractivity contribution in [2.45, 2.75) is 127 Å². The Morgan fingerprint density at radius 3 is 2.07 bits per heavy atom. The predicted molar refractivity (Wildman–Crippen MR) is 140 cm³/mol. The third kappa shape index (κ3) is 26.8. The fourth-order valence-electron chi connectivity index (χ4n) is 3.06. The first-order chi connectivity index (χ1) is 12.7. The van der Waals surface area contributed by atoms with Gasteiger partial charge in [0.2, 0.25) is 0 Å². The standard InChI is InChI=1S/C26H44.3CH4/c1-5-8-10-12-13-18-23-26(20-7-3)24-19-15-14-17-22-25(4)21-16-11-9-6-2;;;/h11,14-17,22,25-26H,5-6,8-10,12-13,18-19,21,23-24H2,1-4H3;3*1H4/b15-14+,16-11-,22-17+;;;. The summed E-state index contributed by atoms with van der Waals surface area (Å²) in [6.45, 7) is 8.76. The second-order valence-corrected chi connectivity index (χ2v) is 7.51. The third-order valence-corrected chi connectivity index (χ3v) is 4.75. The van der Waals surface area contributed by atoms with E-state index >= 15 is 0 Å². The number of hydrogen-bond acceptors (Lipinski definition) is 0. The van der Waals surface area contributed by atoms with Crippen molar-refractivity contribution in [3.05, 3.63) is 36.5 Å². The van der Waals surface area contributed by atoms with Crippen LogP contribution in [0.3, 0.4) is 0 Å². The molecule has 29 heavy (non-hydrogen) atoms. The largest absolute Gasteiger partial charge is 0.106 e. The quantitative estimate of drug-likeness (QED) is 0.104. The molecule has 0 bridgehead atoms. The van der Waals surface area contributed by atoms with Gasteiger partial charge in [-0.2, -0.15) is 0 Å². The van der Waals surface area contributed by atoms with Crippen LogP contribution in [0.25, 0.3) is 0 Å². The fraction of sp³-hybridized carbons (Fsp3) is 0.724. The SMILES string of the molecule is C.C.C.CC#CC(CC/C=C/C=C/C(C)C/C=C\CCC)CCCCCCCC. The molecule has 0 fully saturated rings. The van der Waals surface area contributed by atoms with Crippen LogP contribution in [0.5, 0.6) is 0 Å². The molecule has 0 aromatic heterocycles. The van der Waals surface area contributed by atoms with Crippen LogP contribution in [-0.2, 0) is 0 Å². The fourth-order valence-corrected chi connectivity index (χ4v) is 3.06. The molecule has 0 aliphatic rings. The molecule has 0 saturated heterocycles. The first-order valence-corrected chi connectivity index (χ1v) is 11.1. The summed E-state index contributed by atoms with van der Waals surface area (Å²) in [6.07, 6.45) is 29.1. The summed E-state index contributed by atoms with van der Waals surface area (Å²) in [5.74, 6) is 7.76. The molecule has 2 unspecified atom stereocenters. The summed E-state index contributed by atoms with van der Waals surface area (Å²) in [6, 6.07) is 0. The Labute approximate surface area is 187 Å². The number of unbranched alkanes of at least 4 members (excludes halogenated alkanes) is 6. The van der Waals surface area contributed by atoms with E-state index in [0.29, 0.717) is 11.8 Å². The maximum absolute atomic E-state index is 3.42. The van der Waals surface area contributed by atoms with Gasteiger partial charge in [0.1, 0.15) is 0 Å². The van der Waals surface area contributed by atoms with Crippen LogP contribution in [0, 0.1) is 23.7 Å². The minimum absolute atomic E-state index is 0. The lowest BCUT2D eigenvalue weighted by Gasteiger charge is -2.09. The van der Waals surface area contributed by atoms with Gasteiger partial charge in [-0.1, -0.05) is 124 Å². The van der Waals surface area contributed by atoms with Crippen LogP contribution in [0.2, 0.25) is 0 Å². The van der Waals surface area contributed by atoms with Crippen LogP contribution >= 0.6 is 0 Å². The van der Waals surface area contributed by atoms with E-state index in [9.17, 15) is 0 Å². The zero-order valence-corrected chi connectivity index (χ0v) is 18.1. The van der Waals surface area contributed by atoms with Crippen molar-refractivity contribution < 1.29 is 0 Å². The van der Waals surface area contributed by atoms with Crippen LogP contribution in [0.15, 0.2) is 36.5 Å². The van der Waals surface area contributed by atoms with Gasteiger partial charge >= 0.3 is 0 Å². The van der Waals surface area contributed by atoms with Crippen molar-refractivity contribution in [2.24, 2.45) is 11.8 Å². The normalized spacial score (nSPS) is 12.7. The highest BCUT2D eigenvalue weighted by atomic mass is 14.1. The van der Waals surface area contributed by atoms with Crippen molar-refractivity contribution in [3.8, 4) is 11.8 Å². The zero-order valence-electron chi connectivity index (χ0n) is 18.1. The van der Waals surface area contributed by atoms with E-state index in [0.717, 1.165) is 12.8 Å². The van der Waals surface area contributed by atoms with Gasteiger partial charge in [-0.15, -0.1) is 11.8 Å². The number of rotatable bonds is 16. The van der Waals surface area contributed by atoms with Crippen molar-refractivity contribution in [1.29, 1.82) is 0 Å². The molecule has 0 rings (SSSR count). The number of allylic oxidation sites excluding steroid dienone is 6. The van der Waals surface area contributed by atoms with Crippen LogP contribution in [0.1, 0.15) is 127 Å². The molecular formula is C29H56. The van der Waals surface area contributed by atoms with E-state index in [1.807, 2.05) is 6.92 Å². The Balaban J connectivity index is -0.00000104. The van der Waals surface area contributed by atoms with Crippen molar-refractivity contribution in [1.82, 2.24) is 0 Å². The minimum atomic E-state index is 0. The smallest absolute Gasteiger partial charge is 0.0205 e. The van der Waals surface area contributed by atoms with Crippen molar-refractivity contribution in [2.75, 3.05) is 0 Å². The van der Waals surface area contributed by atoms with Gasteiger partial charge in [-0.3, -0.25) is 0 Å². The van der Waals surface area contributed by atoms with Gasteiger partial charge in [0.15, 0.2) is 0 Å². The molecule has 0 saturated carbocycles. The Bertz CT molecular complexity index is 427. The molecule has 0 spiro atoms. The molecule has 0 amide bonds. The Hall–Kier alpha value is -1.22. The summed E-state index contributed by atoms with van der Waals surface area (Å²) < 4.78 is 0. The maximum atomic E-state index is 3.42. The molecule has 172 valence electrons. The Morgan fingerprint density at radius 1 is 0.724 bits per heavy atom. The highest BCUT2D eigenvalue weighted by molar-refractivity contribution is 5.06. The van der Waals surface area contributed by atoms with Gasteiger partial charge in [0.25, 0.3) is 0 Å². The first kappa shape index (κ1) is 35.2. The lowest BCUT2D eigenvalue weighted by Crippen LogP contribution is -1.97. The molecule has 0 aliphatic carbocycles. The van der Waals surface area contributed by atoms with E-state index in [1.54, 1.807) is 0 Å². The summed E-state index contributed by atoms with van der Waals surface area (Å²) >= 11 is 0. The molecule has 2 atom stereocenters. The highest BCUT2D eigenvalue weighted by Crippen LogP contribution is 2.17. The molecule has 0 N–H and O–H groups in total. The number of hydrogen-bond donors (Lipinski definition) is 0. The third-order valence-electron chi connectivity index (χ3n) is 4.75. The van der Waals surface area contributed by atoms with Gasteiger partial charge < -0.3 is 0 Å². The molecule has 0 aromatic carbocycles. The van der Waals surface area contributed by atoms with E-state index in [-0.39, 0.29) is 22.3 Å². The van der Waals surface area contributed by atoms with Crippen molar-refractivity contribution >= 4 is 0 Å². The second-order valence-electron chi connectivity index (χ2n) is 7.51. The van der Waals surface area contributed by atoms with Gasteiger partial charge in [-0.25, -0.2) is 0 Å². The minimum Gasteiger partial charge on any atom is -0.106 e. The van der Waals surface area contributed by atoms with Crippen LogP contribution < -0.4 is 0 Å². The molecule has 0 aromatic rings.